The normalized spacial score (nSPS) is 11.2. The van der Waals surface area contributed by atoms with E-state index in [1.165, 1.54) is 12.4 Å². The van der Waals surface area contributed by atoms with E-state index in [1.54, 1.807) is 54.7 Å². The Labute approximate surface area is 153 Å². The Hall–Kier alpha value is -3.22. The van der Waals surface area contributed by atoms with Crippen molar-refractivity contribution >= 4 is 5.78 Å². The fourth-order valence-corrected chi connectivity index (χ4v) is 2.50. The molecule has 0 fully saturated rings. The van der Waals surface area contributed by atoms with Crippen LogP contribution in [0.15, 0.2) is 67.1 Å². The van der Waals surface area contributed by atoms with Crippen LogP contribution >= 0.6 is 0 Å². The van der Waals surface area contributed by atoms with E-state index in [1.807, 2.05) is 0 Å². The number of ketones is 1. The number of carbonyl (C=O) groups is 1. The van der Waals surface area contributed by atoms with E-state index < -0.39 is 12.8 Å². The van der Waals surface area contributed by atoms with E-state index in [4.69, 9.17) is 4.74 Å². The van der Waals surface area contributed by atoms with Crippen molar-refractivity contribution in [2.75, 3.05) is 6.61 Å². The van der Waals surface area contributed by atoms with Gasteiger partial charge in [-0.3, -0.25) is 9.78 Å². The molecule has 2 aromatic heterocycles. The molecule has 0 aliphatic heterocycles. The number of hydrogen-bond acceptors (Lipinski definition) is 4. The number of carbonyl (C=O) groups excluding carboxylic acids is 1. The van der Waals surface area contributed by atoms with Gasteiger partial charge in [0.25, 0.3) is 0 Å². The summed E-state index contributed by atoms with van der Waals surface area (Å²) in [4.78, 5) is 20.3. The van der Waals surface area contributed by atoms with Crippen molar-refractivity contribution in [2.24, 2.45) is 0 Å². The van der Waals surface area contributed by atoms with E-state index in [-0.39, 0.29) is 18.1 Å². The summed E-state index contributed by atoms with van der Waals surface area (Å²) < 4.78 is 42.4. The quantitative estimate of drug-likeness (QED) is 0.598. The SMILES string of the molecule is O=C(Cc1cnc(OCC(F)(F)F)c(-c2ccccc2)c1)c1cccnc1. The average molecular weight is 372 g/mol. The van der Waals surface area contributed by atoms with Crippen LogP contribution in [-0.4, -0.2) is 28.5 Å². The maximum atomic E-state index is 12.5. The molecular formula is C20H15F3N2O2. The van der Waals surface area contributed by atoms with Crippen LogP contribution in [0.3, 0.4) is 0 Å². The Balaban J connectivity index is 1.90. The predicted molar refractivity (Wildman–Crippen MR) is 93.5 cm³/mol. The Morgan fingerprint density at radius 2 is 1.81 bits per heavy atom. The summed E-state index contributed by atoms with van der Waals surface area (Å²) in [5, 5.41) is 0. The lowest BCUT2D eigenvalue weighted by Gasteiger charge is -2.13. The molecule has 0 spiro atoms. The number of rotatable bonds is 6. The van der Waals surface area contributed by atoms with Crippen molar-refractivity contribution in [3.05, 3.63) is 78.2 Å². The Morgan fingerprint density at radius 1 is 1.04 bits per heavy atom. The van der Waals surface area contributed by atoms with Gasteiger partial charge >= 0.3 is 6.18 Å². The van der Waals surface area contributed by atoms with Crippen LogP contribution in [0.4, 0.5) is 13.2 Å². The number of hydrogen-bond donors (Lipinski definition) is 0. The third-order valence-electron chi connectivity index (χ3n) is 3.71. The molecule has 3 rings (SSSR count). The fraction of sp³-hybridized carbons (Fsp3) is 0.150. The smallest absolute Gasteiger partial charge is 0.422 e. The minimum Gasteiger partial charge on any atom is -0.468 e. The van der Waals surface area contributed by atoms with Crippen LogP contribution in [0.25, 0.3) is 11.1 Å². The lowest BCUT2D eigenvalue weighted by atomic mass is 10.0. The van der Waals surface area contributed by atoms with E-state index >= 15 is 0 Å². The monoisotopic (exact) mass is 372 g/mol. The number of ether oxygens (including phenoxy) is 1. The zero-order valence-corrected chi connectivity index (χ0v) is 14.1. The molecule has 27 heavy (non-hydrogen) atoms. The van der Waals surface area contributed by atoms with Crippen LogP contribution in [0.5, 0.6) is 5.88 Å². The lowest BCUT2D eigenvalue weighted by molar-refractivity contribution is -0.154. The van der Waals surface area contributed by atoms with E-state index in [2.05, 4.69) is 9.97 Å². The first-order valence-electron chi connectivity index (χ1n) is 8.09. The second kappa shape index (κ2) is 7.99. The third-order valence-corrected chi connectivity index (χ3v) is 3.71. The minimum absolute atomic E-state index is 0.0536. The minimum atomic E-state index is -4.47. The van der Waals surface area contributed by atoms with Crippen molar-refractivity contribution in [2.45, 2.75) is 12.6 Å². The Morgan fingerprint density at radius 3 is 2.48 bits per heavy atom. The summed E-state index contributed by atoms with van der Waals surface area (Å²) in [5.41, 5.74) is 2.08. The van der Waals surface area contributed by atoms with Crippen molar-refractivity contribution in [1.29, 1.82) is 0 Å². The number of aromatic nitrogens is 2. The second-order valence-corrected chi connectivity index (χ2v) is 5.81. The molecule has 0 aliphatic carbocycles. The highest BCUT2D eigenvalue weighted by Crippen LogP contribution is 2.30. The molecule has 138 valence electrons. The van der Waals surface area contributed by atoms with Crippen LogP contribution in [0, 0.1) is 0 Å². The summed E-state index contributed by atoms with van der Waals surface area (Å²) in [6, 6.07) is 13.7. The van der Waals surface area contributed by atoms with Gasteiger partial charge in [-0.15, -0.1) is 0 Å². The molecule has 7 heteroatoms. The zero-order chi connectivity index (χ0) is 19.3. The van der Waals surface area contributed by atoms with E-state index in [0.717, 1.165) is 0 Å². The molecule has 0 N–H and O–H groups in total. The van der Waals surface area contributed by atoms with Crippen LogP contribution in [-0.2, 0) is 6.42 Å². The summed E-state index contributed by atoms with van der Waals surface area (Å²) >= 11 is 0. The zero-order valence-electron chi connectivity index (χ0n) is 14.1. The number of pyridine rings is 2. The number of Topliss-reactive ketones (excluding diaryl/α,β-unsaturated/α-hetero) is 1. The topological polar surface area (TPSA) is 52.1 Å². The third kappa shape index (κ3) is 5.13. The number of alkyl halides is 3. The van der Waals surface area contributed by atoms with Gasteiger partial charge < -0.3 is 4.74 Å². The van der Waals surface area contributed by atoms with Crippen LogP contribution in [0.1, 0.15) is 15.9 Å². The molecule has 0 saturated heterocycles. The molecule has 3 aromatic rings. The molecule has 1 aromatic carbocycles. The van der Waals surface area contributed by atoms with Gasteiger partial charge in [0.1, 0.15) is 0 Å². The molecule has 0 unspecified atom stereocenters. The molecule has 0 atom stereocenters. The standard InChI is InChI=1S/C20H15F3N2O2/c21-20(22,23)13-27-19-17(15-5-2-1-3-6-15)9-14(11-25-19)10-18(26)16-7-4-8-24-12-16/h1-9,11-12H,10,13H2. The summed E-state index contributed by atoms with van der Waals surface area (Å²) in [7, 11) is 0. The van der Waals surface area contributed by atoms with Crippen molar-refractivity contribution in [3.63, 3.8) is 0 Å². The highest BCUT2D eigenvalue weighted by Gasteiger charge is 2.29. The number of benzene rings is 1. The van der Waals surface area contributed by atoms with Gasteiger partial charge in [-0.05, 0) is 29.3 Å². The number of nitrogens with zero attached hydrogens (tertiary/aromatic N) is 2. The maximum absolute atomic E-state index is 12.5. The van der Waals surface area contributed by atoms with E-state index in [9.17, 15) is 18.0 Å². The Kier molecular flexibility index (Phi) is 5.49. The van der Waals surface area contributed by atoms with Crippen LogP contribution < -0.4 is 4.74 Å². The van der Waals surface area contributed by atoms with Gasteiger partial charge in [-0.25, -0.2) is 4.98 Å². The first-order chi connectivity index (χ1) is 12.9. The first-order valence-corrected chi connectivity index (χ1v) is 8.09. The molecule has 0 amide bonds. The summed E-state index contributed by atoms with van der Waals surface area (Å²) in [5.74, 6) is -0.288. The molecule has 0 aliphatic rings. The van der Waals surface area contributed by atoms with Crippen molar-refractivity contribution in [3.8, 4) is 17.0 Å². The van der Waals surface area contributed by atoms with Crippen LogP contribution in [0.2, 0.25) is 0 Å². The van der Waals surface area contributed by atoms with Gasteiger partial charge in [0.05, 0.1) is 0 Å². The summed E-state index contributed by atoms with van der Waals surface area (Å²) in [6.45, 7) is -1.44. The van der Waals surface area contributed by atoms with E-state index in [0.29, 0.717) is 22.3 Å². The predicted octanol–water partition coefficient (Wildman–Crippen LogP) is 4.51. The second-order valence-electron chi connectivity index (χ2n) is 5.81. The first kappa shape index (κ1) is 18.6. The summed E-state index contributed by atoms with van der Waals surface area (Å²) in [6.07, 6.45) is -0.0254. The Bertz CT molecular complexity index is 914. The van der Waals surface area contributed by atoms with Crippen molar-refractivity contribution < 1.29 is 22.7 Å². The fourth-order valence-electron chi connectivity index (χ4n) is 2.50. The van der Waals surface area contributed by atoms with Gasteiger partial charge in [0, 0.05) is 36.1 Å². The number of halogens is 3. The maximum Gasteiger partial charge on any atom is 0.422 e. The molecule has 2 heterocycles. The molecule has 4 nitrogen and oxygen atoms in total. The molecular weight excluding hydrogens is 357 g/mol. The van der Waals surface area contributed by atoms with Gasteiger partial charge in [-0.1, -0.05) is 30.3 Å². The average Bonchev–Trinajstić information content (AvgIpc) is 2.67. The lowest BCUT2D eigenvalue weighted by Crippen LogP contribution is -2.20. The molecule has 0 radical (unpaired) electrons. The van der Waals surface area contributed by atoms with Crippen molar-refractivity contribution in [1.82, 2.24) is 9.97 Å². The van der Waals surface area contributed by atoms with Gasteiger partial charge in [-0.2, -0.15) is 13.2 Å². The molecule has 0 bridgehead atoms. The largest absolute Gasteiger partial charge is 0.468 e. The molecule has 0 saturated carbocycles. The highest BCUT2D eigenvalue weighted by atomic mass is 19.4. The van der Waals surface area contributed by atoms with Gasteiger partial charge in [0.15, 0.2) is 12.4 Å². The van der Waals surface area contributed by atoms with Gasteiger partial charge in [0.2, 0.25) is 5.88 Å². The highest BCUT2D eigenvalue weighted by molar-refractivity contribution is 5.97.